The highest BCUT2D eigenvalue weighted by atomic mass is 32.1. The van der Waals surface area contributed by atoms with E-state index in [4.69, 9.17) is 19.9 Å². The van der Waals surface area contributed by atoms with Crippen LogP contribution in [0.4, 0.5) is 16.5 Å². The molecule has 2 bridgehead atoms. The number of rotatable bonds is 9. The number of amides is 2. The molecule has 14 nitrogen and oxygen atoms in total. The van der Waals surface area contributed by atoms with Gasteiger partial charge in [0.1, 0.15) is 6.07 Å². The number of imide groups is 1. The maximum absolute atomic E-state index is 12.4. The molecule has 5 fully saturated rings. The van der Waals surface area contributed by atoms with Gasteiger partial charge in [0.05, 0.1) is 52.8 Å². The third kappa shape index (κ3) is 7.11. The van der Waals surface area contributed by atoms with Crippen molar-refractivity contribution in [2.75, 3.05) is 61.1 Å². The van der Waals surface area contributed by atoms with Crippen molar-refractivity contribution in [3.63, 3.8) is 0 Å². The molecular formula is C42H45N11O3S. The summed E-state index contributed by atoms with van der Waals surface area (Å²) in [5, 5.41) is 31.3. The predicted molar refractivity (Wildman–Crippen MR) is 217 cm³/mol. The van der Waals surface area contributed by atoms with Crippen molar-refractivity contribution in [2.24, 2.45) is 5.92 Å². The van der Waals surface area contributed by atoms with Crippen LogP contribution in [-0.2, 0) is 14.3 Å². The number of pyridine rings is 1. The molecule has 4 aromatic heterocycles. The van der Waals surface area contributed by atoms with Gasteiger partial charge in [-0.25, -0.2) is 4.52 Å². The number of carbonyl (C=O) groups excluding carboxylic acids is 2. The maximum atomic E-state index is 12.4. The van der Waals surface area contributed by atoms with Crippen molar-refractivity contribution in [1.82, 2.24) is 35.0 Å². The molecule has 5 aliphatic heterocycles. The summed E-state index contributed by atoms with van der Waals surface area (Å²) in [6, 6.07) is 19.6. The van der Waals surface area contributed by atoms with E-state index in [0.29, 0.717) is 43.0 Å². The second-order valence-electron chi connectivity index (χ2n) is 16.1. The first kappa shape index (κ1) is 35.9. The molecule has 5 saturated heterocycles. The number of hydrogen-bond acceptors (Lipinski definition) is 13. The number of benzene rings is 1. The SMILES string of the molecule is N#Cc1cnn2c(-c3cc(N[C@@H]4CCOC4)c(-c4nnc(N5CC6CCC(C5)N6CC5CCN(c6ccc([C@H]7CCC(=O)NC7=O)cc6)CC5)s4)cn3)ccc2c1. The van der Waals surface area contributed by atoms with Gasteiger partial charge in [-0.15, -0.1) is 10.2 Å². The van der Waals surface area contributed by atoms with E-state index in [9.17, 15) is 14.9 Å². The largest absolute Gasteiger partial charge is 0.379 e. The highest BCUT2D eigenvalue weighted by Crippen LogP contribution is 2.40. The van der Waals surface area contributed by atoms with Gasteiger partial charge in [-0.05, 0) is 86.4 Å². The van der Waals surface area contributed by atoms with Gasteiger partial charge in [-0.1, -0.05) is 23.5 Å². The van der Waals surface area contributed by atoms with E-state index >= 15 is 0 Å². The first-order chi connectivity index (χ1) is 28.0. The zero-order chi connectivity index (χ0) is 38.5. The molecule has 292 valence electrons. The molecule has 0 spiro atoms. The van der Waals surface area contributed by atoms with Crippen LogP contribution in [0.3, 0.4) is 0 Å². The molecule has 0 aliphatic carbocycles. The topological polar surface area (TPSA) is 157 Å². The van der Waals surface area contributed by atoms with Gasteiger partial charge >= 0.3 is 0 Å². The molecule has 0 radical (unpaired) electrons. The van der Waals surface area contributed by atoms with Crippen LogP contribution in [0.2, 0.25) is 0 Å². The molecule has 2 amide bonds. The number of piperidine rings is 2. The summed E-state index contributed by atoms with van der Waals surface area (Å²) in [5.74, 6) is 0.0743. The minimum Gasteiger partial charge on any atom is -0.379 e. The van der Waals surface area contributed by atoms with E-state index in [-0.39, 0.29) is 23.8 Å². The standard InChI is InChI=1S/C42H45N11O3S/c43-19-27-17-31-7-9-38(53(31)45-20-27)37-18-36(46-29-13-16-56-25-29)35(21-44-37)41-48-49-42(57-41)51-23-32-5-6-33(24-51)52(32)22-26-11-14-50(15-12-26)30-3-1-28(2-4-30)34-8-10-39(54)47-40(34)55/h1-4,7,9,17-18,20-21,26,29,32-34H,5-6,8,10-16,22-25H2,(H,44,46)(H,47,54,55)/t29-,32?,33?,34-/m1/s1. The number of fused-ring (bicyclic) bond motifs is 3. The number of nitriles is 1. The van der Waals surface area contributed by atoms with E-state index < -0.39 is 0 Å². The van der Waals surface area contributed by atoms with E-state index in [1.165, 1.54) is 31.4 Å². The van der Waals surface area contributed by atoms with Crippen molar-refractivity contribution in [3.8, 4) is 28.0 Å². The molecule has 5 aromatic rings. The van der Waals surface area contributed by atoms with Gasteiger partial charge in [0.2, 0.25) is 16.9 Å². The fraction of sp³-hybridized carbons (Fsp3) is 0.452. The summed E-state index contributed by atoms with van der Waals surface area (Å²) < 4.78 is 7.52. The van der Waals surface area contributed by atoms with Crippen molar-refractivity contribution < 1.29 is 14.3 Å². The van der Waals surface area contributed by atoms with E-state index in [2.05, 4.69) is 66.8 Å². The fourth-order valence-electron chi connectivity index (χ4n) is 9.51. The molecule has 2 N–H and O–H groups in total. The number of aromatic nitrogens is 5. The lowest BCUT2D eigenvalue weighted by molar-refractivity contribution is -0.134. The second kappa shape index (κ2) is 15.1. The molecule has 15 heteroatoms. The molecule has 9 heterocycles. The normalized spacial score (nSPS) is 24.3. The summed E-state index contributed by atoms with van der Waals surface area (Å²) in [6.45, 7) is 6.54. The molecule has 57 heavy (non-hydrogen) atoms. The summed E-state index contributed by atoms with van der Waals surface area (Å²) in [6.07, 6.45) is 10.2. The van der Waals surface area contributed by atoms with Crippen molar-refractivity contribution in [1.29, 1.82) is 5.26 Å². The zero-order valence-corrected chi connectivity index (χ0v) is 32.5. The molecule has 0 saturated carbocycles. The van der Waals surface area contributed by atoms with E-state index in [1.54, 1.807) is 17.5 Å². The highest BCUT2D eigenvalue weighted by molar-refractivity contribution is 7.18. The number of anilines is 3. The molecule has 5 aliphatic rings. The fourth-order valence-corrected chi connectivity index (χ4v) is 10.4. The number of piperazine rings is 1. The summed E-state index contributed by atoms with van der Waals surface area (Å²) in [7, 11) is 0. The van der Waals surface area contributed by atoms with Crippen molar-refractivity contribution in [3.05, 3.63) is 72.1 Å². The van der Waals surface area contributed by atoms with Crippen LogP contribution >= 0.6 is 11.3 Å². The molecular weight excluding hydrogens is 739 g/mol. The molecule has 10 rings (SSSR count). The van der Waals surface area contributed by atoms with E-state index in [1.807, 2.05) is 28.9 Å². The average molecular weight is 784 g/mol. The average Bonchev–Trinajstić information content (AvgIpc) is 4.06. The number of nitrogens with zero attached hydrogens (tertiary/aromatic N) is 9. The Morgan fingerprint density at radius 2 is 1.75 bits per heavy atom. The molecule has 2 unspecified atom stereocenters. The maximum Gasteiger partial charge on any atom is 0.234 e. The molecule has 4 atom stereocenters. The molecule has 1 aromatic carbocycles. The van der Waals surface area contributed by atoms with E-state index in [0.717, 1.165) is 89.6 Å². The van der Waals surface area contributed by atoms with Gasteiger partial charge in [0.25, 0.3) is 0 Å². The Balaban J connectivity index is 0.786. The Kier molecular flexibility index (Phi) is 9.55. The van der Waals surface area contributed by atoms with Crippen LogP contribution in [0.15, 0.2) is 60.9 Å². The van der Waals surface area contributed by atoms with Crippen molar-refractivity contribution >= 4 is 45.2 Å². The summed E-state index contributed by atoms with van der Waals surface area (Å²) >= 11 is 1.64. The number of carbonyl (C=O) groups is 2. The third-order valence-electron chi connectivity index (χ3n) is 12.6. The van der Waals surface area contributed by atoms with Gasteiger partial charge < -0.3 is 19.9 Å². The number of hydrogen-bond donors (Lipinski definition) is 2. The summed E-state index contributed by atoms with van der Waals surface area (Å²) in [5.41, 5.74) is 7.05. The minimum atomic E-state index is -0.243. The lowest BCUT2D eigenvalue weighted by Gasteiger charge is -2.43. The quantitative estimate of drug-likeness (QED) is 0.192. The number of ether oxygens (including phenoxy) is 1. The minimum absolute atomic E-state index is 0.175. The van der Waals surface area contributed by atoms with Crippen LogP contribution in [-0.4, -0.2) is 106 Å². The van der Waals surface area contributed by atoms with Crippen LogP contribution in [0.25, 0.3) is 27.5 Å². The Morgan fingerprint density at radius 1 is 0.930 bits per heavy atom. The van der Waals surface area contributed by atoms with Crippen LogP contribution in [0.1, 0.15) is 62.0 Å². The lowest BCUT2D eigenvalue weighted by atomic mass is 9.90. The Labute approximate surface area is 334 Å². The third-order valence-corrected chi connectivity index (χ3v) is 13.6. The van der Waals surface area contributed by atoms with Crippen LogP contribution < -0.4 is 20.4 Å². The number of nitrogens with one attached hydrogen (secondary N) is 2. The Bertz CT molecular complexity index is 2330. The van der Waals surface area contributed by atoms with Gasteiger partial charge in [-0.3, -0.25) is 24.8 Å². The van der Waals surface area contributed by atoms with Crippen LogP contribution in [0.5, 0.6) is 0 Å². The van der Waals surface area contributed by atoms with Gasteiger partial charge in [-0.2, -0.15) is 10.4 Å². The Hall–Kier alpha value is -5.43. The predicted octanol–water partition coefficient (Wildman–Crippen LogP) is 5.08. The monoisotopic (exact) mass is 783 g/mol. The van der Waals surface area contributed by atoms with Crippen molar-refractivity contribution in [2.45, 2.75) is 69.0 Å². The second-order valence-corrected chi connectivity index (χ2v) is 17.1. The highest BCUT2D eigenvalue weighted by Gasteiger charge is 2.42. The first-order valence-electron chi connectivity index (χ1n) is 20.2. The lowest BCUT2D eigenvalue weighted by Crippen LogP contribution is -2.55. The smallest absolute Gasteiger partial charge is 0.234 e. The Morgan fingerprint density at radius 3 is 2.51 bits per heavy atom. The first-order valence-corrected chi connectivity index (χ1v) is 21.0. The summed E-state index contributed by atoms with van der Waals surface area (Å²) in [4.78, 5) is 36.6. The van der Waals surface area contributed by atoms with Gasteiger partial charge in [0.15, 0.2) is 5.01 Å². The van der Waals surface area contributed by atoms with Crippen LogP contribution in [0, 0.1) is 17.2 Å². The zero-order valence-electron chi connectivity index (χ0n) is 31.7. The van der Waals surface area contributed by atoms with Gasteiger partial charge in [0, 0.05) is 75.4 Å².